The van der Waals surface area contributed by atoms with Crippen molar-refractivity contribution in [2.45, 2.75) is 6.04 Å². The zero-order valence-electron chi connectivity index (χ0n) is 16.9. The highest BCUT2D eigenvalue weighted by Gasteiger charge is 2.18. The van der Waals surface area contributed by atoms with Crippen molar-refractivity contribution in [2.24, 2.45) is 0 Å². The Morgan fingerprint density at radius 3 is 1.71 bits per heavy atom. The molecule has 0 amide bonds. The second-order valence-corrected chi connectivity index (χ2v) is 7.28. The number of hydrogen-bond acceptors (Lipinski definition) is 2. The van der Waals surface area contributed by atoms with Crippen LogP contribution < -0.4 is 0 Å². The third-order valence-corrected chi connectivity index (χ3v) is 5.03. The predicted octanol–water partition coefficient (Wildman–Crippen LogP) is 5.35. The maximum atomic E-state index is 2.45. The summed E-state index contributed by atoms with van der Waals surface area (Å²) in [5.41, 5.74) is 3.92. The van der Waals surface area contributed by atoms with Gasteiger partial charge >= 0.3 is 0 Å². The molecule has 0 aliphatic carbocycles. The van der Waals surface area contributed by atoms with Crippen molar-refractivity contribution in [3.05, 3.63) is 114 Å². The van der Waals surface area contributed by atoms with Crippen molar-refractivity contribution < 1.29 is 0 Å². The van der Waals surface area contributed by atoms with Crippen LogP contribution in [-0.2, 0) is 0 Å². The van der Waals surface area contributed by atoms with E-state index in [1.54, 1.807) is 0 Å². The normalized spacial score (nSPS) is 11.8. The molecule has 0 fully saturated rings. The minimum absolute atomic E-state index is 0.274. The van der Waals surface area contributed by atoms with Gasteiger partial charge in [0.15, 0.2) is 0 Å². The molecule has 0 radical (unpaired) electrons. The van der Waals surface area contributed by atoms with E-state index in [0.29, 0.717) is 0 Å². The average Bonchev–Trinajstić information content (AvgIpc) is 2.75. The van der Waals surface area contributed by atoms with Crippen LogP contribution >= 0.6 is 0 Å². The van der Waals surface area contributed by atoms with Crippen LogP contribution in [0, 0.1) is 0 Å². The zero-order chi connectivity index (χ0) is 19.6. The van der Waals surface area contributed by atoms with Gasteiger partial charge in [-0.15, -0.1) is 0 Å². The maximum absolute atomic E-state index is 2.45. The first-order valence-electron chi connectivity index (χ1n) is 9.94. The average molecular weight is 371 g/mol. The molecule has 0 heterocycles. The summed E-state index contributed by atoms with van der Waals surface area (Å²) in [4.78, 5) is 4.81. The lowest BCUT2D eigenvalue weighted by Gasteiger charge is -2.30. The number of rotatable bonds is 9. The van der Waals surface area contributed by atoms with Crippen molar-refractivity contribution in [3.8, 4) is 0 Å². The second kappa shape index (κ2) is 10.6. The van der Waals surface area contributed by atoms with Crippen molar-refractivity contribution >= 4 is 6.08 Å². The van der Waals surface area contributed by atoms with Crippen LogP contribution in [0.15, 0.2) is 97.1 Å². The van der Waals surface area contributed by atoms with Gasteiger partial charge in [-0.3, -0.25) is 4.90 Å². The lowest BCUT2D eigenvalue weighted by Crippen LogP contribution is -2.34. The van der Waals surface area contributed by atoms with E-state index in [2.05, 4.69) is 127 Å². The second-order valence-electron chi connectivity index (χ2n) is 7.28. The van der Waals surface area contributed by atoms with E-state index in [1.807, 2.05) is 0 Å². The molecular weight excluding hydrogens is 340 g/mol. The summed E-state index contributed by atoms with van der Waals surface area (Å²) < 4.78 is 0. The van der Waals surface area contributed by atoms with Gasteiger partial charge in [0.05, 0.1) is 6.04 Å². The number of hydrogen-bond donors (Lipinski definition) is 0. The lowest BCUT2D eigenvalue weighted by atomic mass is 9.97. The monoisotopic (exact) mass is 370 g/mol. The Kier molecular flexibility index (Phi) is 7.60. The minimum atomic E-state index is 0.274. The van der Waals surface area contributed by atoms with Crippen molar-refractivity contribution in [1.82, 2.24) is 9.80 Å². The summed E-state index contributed by atoms with van der Waals surface area (Å²) in [5, 5.41) is 0. The molecule has 3 aromatic rings. The molecule has 0 aliphatic heterocycles. The van der Waals surface area contributed by atoms with E-state index < -0.39 is 0 Å². The van der Waals surface area contributed by atoms with Gasteiger partial charge in [0.1, 0.15) is 0 Å². The predicted molar refractivity (Wildman–Crippen MR) is 120 cm³/mol. The molecule has 144 valence electrons. The molecule has 2 heteroatoms. The first-order chi connectivity index (χ1) is 13.7. The van der Waals surface area contributed by atoms with Crippen molar-refractivity contribution in [1.29, 1.82) is 0 Å². The molecule has 0 atom stereocenters. The summed E-state index contributed by atoms with van der Waals surface area (Å²) in [6.07, 6.45) is 4.43. The highest BCUT2D eigenvalue weighted by molar-refractivity contribution is 5.48. The fourth-order valence-electron chi connectivity index (χ4n) is 3.45. The van der Waals surface area contributed by atoms with E-state index >= 15 is 0 Å². The molecule has 2 nitrogen and oxygen atoms in total. The zero-order valence-corrected chi connectivity index (χ0v) is 16.9. The molecule has 0 aromatic heterocycles. The van der Waals surface area contributed by atoms with Gasteiger partial charge in [-0.1, -0.05) is 103 Å². The molecule has 3 aromatic carbocycles. The van der Waals surface area contributed by atoms with Crippen LogP contribution in [0.25, 0.3) is 6.08 Å². The molecule has 3 rings (SSSR count). The summed E-state index contributed by atoms with van der Waals surface area (Å²) in [6, 6.07) is 32.3. The Hall–Kier alpha value is -2.68. The van der Waals surface area contributed by atoms with Crippen LogP contribution in [-0.4, -0.2) is 43.5 Å². The van der Waals surface area contributed by atoms with Crippen LogP contribution in [0.1, 0.15) is 22.7 Å². The van der Waals surface area contributed by atoms with Gasteiger partial charge in [-0.25, -0.2) is 0 Å². The molecule has 0 spiro atoms. The maximum Gasteiger partial charge on any atom is 0.0599 e. The lowest BCUT2D eigenvalue weighted by molar-refractivity contribution is 0.236. The molecule has 0 aliphatic rings. The van der Waals surface area contributed by atoms with Gasteiger partial charge in [-0.2, -0.15) is 0 Å². The Labute approximate surface area is 169 Å². The van der Waals surface area contributed by atoms with Gasteiger partial charge in [0, 0.05) is 19.6 Å². The topological polar surface area (TPSA) is 6.48 Å². The molecule has 0 N–H and O–H groups in total. The van der Waals surface area contributed by atoms with Gasteiger partial charge in [0.25, 0.3) is 0 Å². The first-order valence-corrected chi connectivity index (χ1v) is 9.94. The van der Waals surface area contributed by atoms with Crippen LogP contribution in [0.3, 0.4) is 0 Å². The minimum Gasteiger partial charge on any atom is -0.301 e. The Morgan fingerprint density at radius 2 is 1.18 bits per heavy atom. The molecule has 28 heavy (non-hydrogen) atoms. The first kappa shape index (κ1) is 20.1. The third kappa shape index (κ3) is 5.91. The van der Waals surface area contributed by atoms with E-state index in [4.69, 9.17) is 0 Å². The number of benzene rings is 3. The number of likely N-dealkylation sites (N-methyl/N-ethyl adjacent to an activating group) is 2. The quantitative estimate of drug-likeness (QED) is 0.501. The highest BCUT2D eigenvalue weighted by atomic mass is 15.2. The summed E-state index contributed by atoms with van der Waals surface area (Å²) in [5.74, 6) is 0. The van der Waals surface area contributed by atoms with E-state index in [-0.39, 0.29) is 6.04 Å². The fourth-order valence-corrected chi connectivity index (χ4v) is 3.45. The summed E-state index contributed by atoms with van der Waals surface area (Å²) in [6.45, 7) is 2.97. The molecule has 0 unspecified atom stereocenters. The SMILES string of the molecule is CN(C/C=C/c1ccccc1)CCN(C)C(c1ccccc1)c1ccccc1. The molecule has 0 bridgehead atoms. The highest BCUT2D eigenvalue weighted by Crippen LogP contribution is 2.27. The van der Waals surface area contributed by atoms with E-state index in [0.717, 1.165) is 19.6 Å². The molecule has 0 saturated carbocycles. The summed E-state index contributed by atoms with van der Waals surface area (Å²) >= 11 is 0. The van der Waals surface area contributed by atoms with E-state index in [1.165, 1.54) is 16.7 Å². The van der Waals surface area contributed by atoms with Gasteiger partial charge in [-0.05, 0) is 30.8 Å². The van der Waals surface area contributed by atoms with Crippen LogP contribution in [0.2, 0.25) is 0 Å². The van der Waals surface area contributed by atoms with E-state index in [9.17, 15) is 0 Å². The Morgan fingerprint density at radius 1 is 0.679 bits per heavy atom. The van der Waals surface area contributed by atoms with Gasteiger partial charge < -0.3 is 4.90 Å². The Balaban J connectivity index is 1.59. The van der Waals surface area contributed by atoms with Crippen LogP contribution in [0.5, 0.6) is 0 Å². The fraction of sp³-hybridized carbons (Fsp3) is 0.231. The third-order valence-electron chi connectivity index (χ3n) is 5.03. The van der Waals surface area contributed by atoms with Crippen molar-refractivity contribution in [2.75, 3.05) is 33.7 Å². The summed E-state index contributed by atoms with van der Waals surface area (Å²) in [7, 11) is 4.40. The standard InChI is InChI=1S/C26H30N2/c1-27(20-12-15-23-13-6-3-7-14-23)21-22-28(2)26(24-16-8-4-9-17-24)25-18-10-5-11-19-25/h3-19,26H,20-22H2,1-2H3/b15-12+. The van der Waals surface area contributed by atoms with Crippen LogP contribution in [0.4, 0.5) is 0 Å². The molecular formula is C26H30N2. The van der Waals surface area contributed by atoms with Crippen molar-refractivity contribution in [3.63, 3.8) is 0 Å². The Bertz CT molecular complexity index is 789. The molecule has 0 saturated heterocycles. The number of nitrogens with zero attached hydrogens (tertiary/aromatic N) is 2. The van der Waals surface area contributed by atoms with Gasteiger partial charge in [0.2, 0.25) is 0 Å². The largest absolute Gasteiger partial charge is 0.301 e. The smallest absolute Gasteiger partial charge is 0.0599 e.